The first kappa shape index (κ1) is 6.37. The van der Waals surface area contributed by atoms with Crippen LogP contribution in [-0.2, 0) is 0 Å². The highest BCUT2D eigenvalue weighted by molar-refractivity contribution is 14.1. The van der Waals surface area contributed by atoms with E-state index in [9.17, 15) is 0 Å². The van der Waals surface area contributed by atoms with Crippen LogP contribution in [0.1, 0.15) is 19.8 Å². The summed E-state index contributed by atoms with van der Waals surface area (Å²) >= 11 is 2.21. The molecule has 0 N–H and O–H groups in total. The Kier molecular flexibility index (Phi) is 2.15. The van der Waals surface area contributed by atoms with Gasteiger partial charge in [-0.05, 0) is 53.8 Å². The predicted octanol–water partition coefficient (Wildman–Crippen LogP) is 2.89. The van der Waals surface area contributed by atoms with E-state index in [1.165, 1.54) is 18.4 Å². The van der Waals surface area contributed by atoms with Gasteiger partial charge in [-0.2, -0.15) is 0 Å². The lowest BCUT2D eigenvalue weighted by Crippen LogP contribution is -1.71. The van der Waals surface area contributed by atoms with Crippen molar-refractivity contribution in [1.29, 1.82) is 0 Å². The first-order chi connectivity index (χ1) is 3.84. The van der Waals surface area contributed by atoms with Crippen molar-refractivity contribution in [2.75, 3.05) is 0 Å². The molecular weight excluding hydrogens is 211 g/mol. The van der Waals surface area contributed by atoms with Crippen molar-refractivity contribution in [3.63, 3.8) is 0 Å². The molecule has 0 amide bonds. The van der Waals surface area contributed by atoms with Crippen molar-refractivity contribution < 1.29 is 0 Å². The Morgan fingerprint density at radius 1 is 1.75 bits per heavy atom. The Bertz CT molecular complexity index is 136. The summed E-state index contributed by atoms with van der Waals surface area (Å²) in [6.45, 7) is 2.16. The molecule has 0 atom stereocenters. The van der Waals surface area contributed by atoms with Crippen LogP contribution in [0.15, 0.2) is 15.4 Å². The fraction of sp³-hybridized carbons (Fsp3) is 0.571. The molecular formula is C7H9I. The minimum absolute atomic E-state index is 0.890. The van der Waals surface area contributed by atoms with Crippen molar-refractivity contribution in [2.24, 2.45) is 5.92 Å². The zero-order chi connectivity index (χ0) is 5.98. The van der Waals surface area contributed by atoms with Gasteiger partial charge in [-0.3, -0.25) is 0 Å². The highest BCUT2D eigenvalue weighted by atomic mass is 127. The summed E-state index contributed by atoms with van der Waals surface area (Å²) in [5.74, 6) is 0.890. The molecule has 0 bridgehead atoms. The molecule has 0 unspecified atom stereocenters. The standard InChI is InChI=1S/C7H9I/c1-6(4-5-8)7-2-3-7/h5,7H,2-3H2,1H3. The van der Waals surface area contributed by atoms with Gasteiger partial charge < -0.3 is 0 Å². The fourth-order valence-electron chi connectivity index (χ4n) is 0.720. The van der Waals surface area contributed by atoms with Gasteiger partial charge in [0.25, 0.3) is 0 Å². The van der Waals surface area contributed by atoms with Gasteiger partial charge in [0.05, 0.1) is 0 Å². The largest absolute Gasteiger partial charge is 0.115 e. The van der Waals surface area contributed by atoms with Crippen molar-refractivity contribution in [3.05, 3.63) is 15.4 Å². The third-order valence-corrected chi connectivity index (χ3v) is 1.78. The van der Waals surface area contributed by atoms with Crippen LogP contribution in [0.25, 0.3) is 0 Å². The Hall–Kier alpha value is 0.250. The van der Waals surface area contributed by atoms with Gasteiger partial charge in [-0.15, -0.1) is 5.73 Å². The van der Waals surface area contributed by atoms with E-state index in [0.29, 0.717) is 0 Å². The molecule has 0 aliphatic heterocycles. The number of allylic oxidation sites excluding steroid dienone is 1. The molecule has 0 aromatic carbocycles. The van der Waals surface area contributed by atoms with E-state index in [4.69, 9.17) is 0 Å². The third kappa shape index (κ3) is 1.64. The molecule has 0 radical (unpaired) electrons. The van der Waals surface area contributed by atoms with Crippen molar-refractivity contribution >= 4 is 22.6 Å². The van der Waals surface area contributed by atoms with E-state index in [2.05, 4.69) is 35.2 Å². The SMILES string of the molecule is CC(=C=CI)C1CC1. The quantitative estimate of drug-likeness (QED) is 0.470. The van der Waals surface area contributed by atoms with Crippen molar-refractivity contribution in [1.82, 2.24) is 0 Å². The van der Waals surface area contributed by atoms with Gasteiger partial charge in [-0.25, -0.2) is 0 Å². The second-order valence-corrected chi connectivity index (χ2v) is 2.83. The molecule has 0 spiro atoms. The summed E-state index contributed by atoms with van der Waals surface area (Å²) in [5, 5.41) is 0. The molecule has 0 saturated heterocycles. The second-order valence-electron chi connectivity index (χ2n) is 2.21. The van der Waals surface area contributed by atoms with Crippen LogP contribution in [0.2, 0.25) is 0 Å². The lowest BCUT2D eigenvalue weighted by Gasteiger charge is -1.84. The smallest absolute Gasteiger partial charge is 0.0186 e. The fourth-order valence-corrected chi connectivity index (χ4v) is 1.21. The van der Waals surface area contributed by atoms with Crippen molar-refractivity contribution in [2.45, 2.75) is 19.8 Å². The zero-order valence-electron chi connectivity index (χ0n) is 4.95. The number of hydrogen-bond acceptors (Lipinski definition) is 0. The average molecular weight is 220 g/mol. The van der Waals surface area contributed by atoms with Crippen LogP contribution in [-0.4, -0.2) is 0 Å². The molecule has 1 saturated carbocycles. The molecule has 0 nitrogen and oxygen atoms in total. The molecule has 1 fully saturated rings. The molecule has 1 aliphatic carbocycles. The monoisotopic (exact) mass is 220 g/mol. The van der Waals surface area contributed by atoms with Crippen molar-refractivity contribution in [3.8, 4) is 0 Å². The summed E-state index contributed by atoms with van der Waals surface area (Å²) in [5.41, 5.74) is 4.62. The second kappa shape index (κ2) is 2.70. The highest BCUT2D eigenvalue weighted by Gasteiger charge is 2.22. The normalized spacial score (nSPS) is 17.2. The topological polar surface area (TPSA) is 0 Å². The molecule has 0 aromatic heterocycles. The van der Waals surface area contributed by atoms with Gasteiger partial charge in [0.1, 0.15) is 0 Å². The predicted molar refractivity (Wildman–Crippen MR) is 44.0 cm³/mol. The summed E-state index contributed by atoms with van der Waals surface area (Å²) in [7, 11) is 0. The van der Waals surface area contributed by atoms with Crippen LogP contribution in [0, 0.1) is 5.92 Å². The highest BCUT2D eigenvalue weighted by Crippen LogP contribution is 2.35. The molecule has 8 heavy (non-hydrogen) atoms. The Balaban J connectivity index is 2.55. The molecule has 0 heterocycles. The lowest BCUT2D eigenvalue weighted by molar-refractivity contribution is 1.01. The number of rotatable bonds is 1. The number of hydrogen-bond donors (Lipinski definition) is 0. The average Bonchev–Trinajstić information content (AvgIpc) is 2.45. The first-order valence-corrected chi connectivity index (χ1v) is 4.11. The molecule has 0 aromatic rings. The van der Waals surface area contributed by atoms with Gasteiger partial charge in [0, 0.05) is 4.08 Å². The van der Waals surface area contributed by atoms with Crippen LogP contribution in [0.4, 0.5) is 0 Å². The maximum Gasteiger partial charge on any atom is 0.0186 e. The van der Waals surface area contributed by atoms with Crippen LogP contribution < -0.4 is 0 Å². The Labute approximate surface area is 63.8 Å². The minimum Gasteiger partial charge on any atom is -0.115 e. The summed E-state index contributed by atoms with van der Waals surface area (Å²) in [6.07, 6.45) is 2.78. The van der Waals surface area contributed by atoms with Gasteiger partial charge in [0.15, 0.2) is 0 Å². The minimum atomic E-state index is 0.890. The van der Waals surface area contributed by atoms with E-state index in [-0.39, 0.29) is 0 Å². The van der Waals surface area contributed by atoms with E-state index in [1.807, 2.05) is 4.08 Å². The Morgan fingerprint density at radius 3 is 2.75 bits per heavy atom. The van der Waals surface area contributed by atoms with E-state index < -0.39 is 0 Å². The molecule has 1 aliphatic rings. The van der Waals surface area contributed by atoms with Gasteiger partial charge in [0.2, 0.25) is 0 Å². The maximum absolute atomic E-state index is 3.19. The van der Waals surface area contributed by atoms with Gasteiger partial charge >= 0.3 is 0 Å². The van der Waals surface area contributed by atoms with Gasteiger partial charge in [-0.1, -0.05) is 0 Å². The zero-order valence-corrected chi connectivity index (χ0v) is 7.10. The molecule has 1 heteroatoms. The first-order valence-electron chi connectivity index (χ1n) is 2.86. The van der Waals surface area contributed by atoms with E-state index in [0.717, 1.165) is 5.92 Å². The van der Waals surface area contributed by atoms with E-state index in [1.54, 1.807) is 0 Å². The number of halogens is 1. The summed E-state index contributed by atoms with van der Waals surface area (Å²) < 4.78 is 1.96. The molecule has 44 valence electrons. The lowest BCUT2D eigenvalue weighted by atomic mass is 10.2. The third-order valence-electron chi connectivity index (χ3n) is 1.47. The molecule has 1 rings (SSSR count). The van der Waals surface area contributed by atoms with Crippen LogP contribution in [0.5, 0.6) is 0 Å². The maximum atomic E-state index is 3.19. The Morgan fingerprint density at radius 2 is 2.38 bits per heavy atom. The van der Waals surface area contributed by atoms with Crippen LogP contribution >= 0.6 is 22.6 Å². The summed E-state index contributed by atoms with van der Waals surface area (Å²) in [6, 6.07) is 0. The summed E-state index contributed by atoms with van der Waals surface area (Å²) in [4.78, 5) is 0. The van der Waals surface area contributed by atoms with E-state index >= 15 is 0 Å². The van der Waals surface area contributed by atoms with Crippen LogP contribution in [0.3, 0.4) is 0 Å².